The molecule has 2 unspecified atom stereocenters. The number of nitrogens with zero attached hydrogens (tertiary/aromatic N) is 3. The van der Waals surface area contributed by atoms with E-state index in [0.29, 0.717) is 37.7 Å². The van der Waals surface area contributed by atoms with E-state index >= 15 is 0 Å². The van der Waals surface area contributed by atoms with Gasteiger partial charge in [-0.1, -0.05) is 12.1 Å². The molecule has 0 saturated carbocycles. The fraction of sp³-hybridized carbons (Fsp3) is 0.619. The zero-order valence-electron chi connectivity index (χ0n) is 16.9. The van der Waals surface area contributed by atoms with Gasteiger partial charge in [-0.3, -0.25) is 4.79 Å². The first kappa shape index (κ1) is 20.0. The van der Waals surface area contributed by atoms with Gasteiger partial charge in [-0.25, -0.2) is 0 Å². The maximum atomic E-state index is 13.5. The minimum absolute atomic E-state index is 0.0333. The molecule has 30 heavy (non-hydrogen) atoms. The van der Waals surface area contributed by atoms with Crippen molar-refractivity contribution in [2.45, 2.75) is 49.3 Å². The number of carbonyl (C=O) groups excluding carboxylic acids is 1. The minimum atomic E-state index is -3.66. The Bertz CT molecular complexity index is 957. The van der Waals surface area contributed by atoms with Crippen LogP contribution < -0.4 is 0 Å². The van der Waals surface area contributed by atoms with Crippen LogP contribution in [0, 0.1) is 5.92 Å². The summed E-state index contributed by atoms with van der Waals surface area (Å²) in [6, 6.07) is 6.88. The molecule has 2 atom stereocenters. The summed E-state index contributed by atoms with van der Waals surface area (Å²) >= 11 is 0. The number of fused-ring (bicyclic) bond motifs is 1. The molecule has 0 bridgehead atoms. The summed E-state index contributed by atoms with van der Waals surface area (Å²) in [7, 11) is -3.66. The molecule has 0 aromatic heterocycles. The fourth-order valence-corrected chi connectivity index (χ4v) is 6.26. The van der Waals surface area contributed by atoms with Crippen molar-refractivity contribution in [1.82, 2.24) is 9.80 Å². The Morgan fingerprint density at radius 2 is 1.83 bits per heavy atom. The highest BCUT2D eigenvalue weighted by atomic mass is 32.2. The van der Waals surface area contributed by atoms with Gasteiger partial charge >= 0.3 is 0 Å². The van der Waals surface area contributed by atoms with Crippen molar-refractivity contribution in [2.24, 2.45) is 10.3 Å². The van der Waals surface area contributed by atoms with Gasteiger partial charge in [0.25, 0.3) is 10.0 Å². The third-order valence-corrected chi connectivity index (χ3v) is 7.80. The van der Waals surface area contributed by atoms with Crippen LogP contribution in [-0.4, -0.2) is 75.1 Å². The maximum Gasteiger partial charge on any atom is 0.285 e. The zero-order valence-corrected chi connectivity index (χ0v) is 17.7. The summed E-state index contributed by atoms with van der Waals surface area (Å²) in [5, 5.41) is 0. The van der Waals surface area contributed by atoms with Crippen LogP contribution in [-0.2, 0) is 24.3 Å². The summed E-state index contributed by atoms with van der Waals surface area (Å²) in [5.74, 6) is 0.415. The van der Waals surface area contributed by atoms with E-state index in [1.54, 1.807) is 18.2 Å². The van der Waals surface area contributed by atoms with Gasteiger partial charge in [0.2, 0.25) is 5.91 Å². The van der Waals surface area contributed by atoms with E-state index in [2.05, 4.69) is 4.40 Å². The number of benzene rings is 1. The quantitative estimate of drug-likeness (QED) is 0.704. The van der Waals surface area contributed by atoms with Crippen LogP contribution in [0.15, 0.2) is 33.6 Å². The van der Waals surface area contributed by atoms with E-state index in [1.165, 1.54) is 0 Å². The van der Waals surface area contributed by atoms with Crippen LogP contribution in [0.5, 0.6) is 0 Å². The molecule has 5 rings (SSSR count). The van der Waals surface area contributed by atoms with Crippen LogP contribution >= 0.6 is 0 Å². The molecule has 4 aliphatic rings. The Morgan fingerprint density at radius 1 is 1.03 bits per heavy atom. The number of rotatable bonds is 2. The molecular formula is C21H27N3O5S. The number of carbonyl (C=O) groups is 1. The molecule has 1 aromatic rings. The predicted molar refractivity (Wildman–Crippen MR) is 110 cm³/mol. The van der Waals surface area contributed by atoms with Gasteiger partial charge in [0.05, 0.1) is 25.2 Å². The molecule has 4 heterocycles. The maximum absolute atomic E-state index is 13.5. The molecule has 0 spiro atoms. The SMILES string of the molecule is O=C(C1CCCN(C2=NS(=O)(=O)c3ccccc32)C1)N1CCCCC1C1OCCO1. The standard InChI is InChI=1S/C21H27N3O5S/c25-20(24-11-4-3-8-17(24)21-28-12-13-29-21)15-6-5-10-23(14-15)19-16-7-1-2-9-18(16)30(26,27)22-19/h1-2,7,9,15,17,21H,3-6,8,10-14H2. The van der Waals surface area contributed by atoms with Crippen molar-refractivity contribution in [3.63, 3.8) is 0 Å². The van der Waals surface area contributed by atoms with Gasteiger partial charge < -0.3 is 19.3 Å². The molecule has 4 aliphatic heterocycles. The van der Waals surface area contributed by atoms with E-state index in [9.17, 15) is 13.2 Å². The van der Waals surface area contributed by atoms with Crippen molar-refractivity contribution >= 4 is 21.8 Å². The Kier molecular flexibility index (Phi) is 5.28. The average Bonchev–Trinajstić information content (AvgIpc) is 3.40. The highest BCUT2D eigenvalue weighted by Crippen LogP contribution is 2.32. The van der Waals surface area contributed by atoms with E-state index in [0.717, 1.165) is 38.6 Å². The van der Waals surface area contributed by atoms with Crippen molar-refractivity contribution in [1.29, 1.82) is 0 Å². The lowest BCUT2D eigenvalue weighted by Crippen LogP contribution is -2.54. The minimum Gasteiger partial charge on any atom is -0.355 e. The first-order valence-corrected chi connectivity index (χ1v) is 12.2. The lowest BCUT2D eigenvalue weighted by molar-refractivity contribution is -0.155. The van der Waals surface area contributed by atoms with Crippen molar-refractivity contribution < 1.29 is 22.7 Å². The molecule has 1 aromatic carbocycles. The third-order valence-electron chi connectivity index (χ3n) is 6.48. The van der Waals surface area contributed by atoms with E-state index in [4.69, 9.17) is 9.47 Å². The largest absolute Gasteiger partial charge is 0.355 e. The number of ether oxygens (including phenoxy) is 2. The molecule has 0 radical (unpaired) electrons. The second-order valence-corrected chi connectivity index (χ2v) is 9.95. The lowest BCUT2D eigenvalue weighted by Gasteiger charge is -2.42. The number of amides is 1. The van der Waals surface area contributed by atoms with Gasteiger partial charge in [-0.05, 0) is 44.2 Å². The third kappa shape index (κ3) is 3.52. The van der Waals surface area contributed by atoms with Crippen molar-refractivity contribution in [2.75, 3.05) is 32.8 Å². The van der Waals surface area contributed by atoms with Gasteiger partial charge in [-0.2, -0.15) is 8.42 Å². The Morgan fingerprint density at radius 3 is 2.67 bits per heavy atom. The second kappa shape index (κ2) is 7.94. The summed E-state index contributed by atoms with van der Waals surface area (Å²) < 4.78 is 40.4. The van der Waals surface area contributed by atoms with Gasteiger partial charge in [0, 0.05) is 25.2 Å². The van der Waals surface area contributed by atoms with Crippen LogP contribution in [0.4, 0.5) is 0 Å². The van der Waals surface area contributed by atoms with Gasteiger partial charge in [0.1, 0.15) is 4.90 Å². The van der Waals surface area contributed by atoms with Gasteiger partial charge in [0.15, 0.2) is 12.1 Å². The van der Waals surface area contributed by atoms with E-state index in [1.807, 2.05) is 15.9 Å². The monoisotopic (exact) mass is 433 g/mol. The highest BCUT2D eigenvalue weighted by Gasteiger charge is 2.41. The molecular weight excluding hydrogens is 406 g/mol. The Hall–Kier alpha value is -1.97. The fourth-order valence-electron chi connectivity index (χ4n) is 5.03. The van der Waals surface area contributed by atoms with E-state index in [-0.39, 0.29) is 29.1 Å². The van der Waals surface area contributed by atoms with Crippen molar-refractivity contribution in [3.05, 3.63) is 29.8 Å². The Labute approximate surface area is 176 Å². The number of piperidine rings is 2. The summed E-state index contributed by atoms with van der Waals surface area (Å²) in [6.07, 6.45) is 4.25. The van der Waals surface area contributed by atoms with Gasteiger partial charge in [-0.15, -0.1) is 4.40 Å². The molecule has 3 fully saturated rings. The average molecular weight is 434 g/mol. The molecule has 162 valence electrons. The molecule has 0 aliphatic carbocycles. The molecule has 1 amide bonds. The van der Waals surface area contributed by atoms with Crippen molar-refractivity contribution in [3.8, 4) is 0 Å². The van der Waals surface area contributed by atoms with Crippen LogP contribution in [0.2, 0.25) is 0 Å². The number of hydrogen-bond donors (Lipinski definition) is 0. The number of amidine groups is 1. The van der Waals surface area contributed by atoms with Crippen LogP contribution in [0.25, 0.3) is 0 Å². The Balaban J connectivity index is 1.35. The normalized spacial score (nSPS) is 29.0. The zero-order chi connectivity index (χ0) is 20.7. The summed E-state index contributed by atoms with van der Waals surface area (Å²) in [5.41, 5.74) is 0.634. The predicted octanol–water partition coefficient (Wildman–Crippen LogP) is 1.60. The number of sulfonamides is 1. The first-order chi connectivity index (χ1) is 14.5. The summed E-state index contributed by atoms with van der Waals surface area (Å²) in [4.78, 5) is 17.7. The first-order valence-electron chi connectivity index (χ1n) is 10.8. The molecule has 3 saturated heterocycles. The molecule has 8 nitrogen and oxygen atoms in total. The smallest absolute Gasteiger partial charge is 0.285 e. The number of hydrogen-bond acceptors (Lipinski definition) is 6. The summed E-state index contributed by atoms with van der Waals surface area (Å²) in [6.45, 7) is 3.06. The van der Waals surface area contributed by atoms with E-state index < -0.39 is 10.0 Å². The second-order valence-electron chi connectivity index (χ2n) is 8.38. The lowest BCUT2D eigenvalue weighted by atomic mass is 9.93. The highest BCUT2D eigenvalue weighted by molar-refractivity contribution is 7.90. The topological polar surface area (TPSA) is 88.5 Å². The number of likely N-dealkylation sites (tertiary alicyclic amines) is 2. The molecule has 9 heteroatoms. The molecule has 0 N–H and O–H groups in total. The van der Waals surface area contributed by atoms with Crippen LogP contribution in [0.3, 0.4) is 0 Å². The van der Waals surface area contributed by atoms with Crippen LogP contribution in [0.1, 0.15) is 37.7 Å².